The second-order valence-corrected chi connectivity index (χ2v) is 6.77. The van der Waals surface area contributed by atoms with E-state index in [4.69, 9.17) is 11.6 Å². The maximum Gasteiger partial charge on any atom is 0.203 e. The number of nitrogens with zero attached hydrogens (tertiary/aromatic N) is 2. The van der Waals surface area contributed by atoms with Crippen LogP contribution in [-0.4, -0.2) is 9.36 Å². The molecule has 0 aliphatic heterocycles. The minimum atomic E-state index is 0.717. The molecule has 0 bridgehead atoms. The number of rotatable bonds is 6. The maximum atomic E-state index is 5.87. The largest absolute Gasteiger partial charge is 0.356 e. The third-order valence-electron chi connectivity index (χ3n) is 2.98. The van der Waals surface area contributed by atoms with Crippen molar-refractivity contribution in [3.8, 4) is 0 Å². The van der Waals surface area contributed by atoms with Gasteiger partial charge in [-0.3, -0.25) is 0 Å². The number of thioether (sulfide) groups is 1. The molecule has 0 radical (unpaired) electrons. The summed E-state index contributed by atoms with van der Waals surface area (Å²) in [6, 6.07) is 18.1. The molecule has 1 N–H and O–H groups in total. The van der Waals surface area contributed by atoms with Crippen molar-refractivity contribution in [2.45, 2.75) is 17.5 Å². The van der Waals surface area contributed by atoms with Gasteiger partial charge in [-0.15, -0.1) is 0 Å². The van der Waals surface area contributed by atoms with Crippen LogP contribution in [0, 0.1) is 0 Å². The lowest BCUT2D eigenvalue weighted by atomic mass is 10.2. The molecule has 22 heavy (non-hydrogen) atoms. The van der Waals surface area contributed by atoms with Gasteiger partial charge in [-0.1, -0.05) is 65.8 Å². The Bertz CT molecular complexity index is 714. The van der Waals surface area contributed by atoms with Gasteiger partial charge in [-0.25, -0.2) is 0 Å². The SMILES string of the molecule is Clc1ccc(CNc2nc(SCc3ccccc3)ns2)cc1. The quantitative estimate of drug-likeness (QED) is 0.630. The first-order valence-corrected chi connectivity index (χ1v) is 8.92. The van der Waals surface area contributed by atoms with Crippen molar-refractivity contribution >= 4 is 40.0 Å². The third kappa shape index (κ3) is 4.47. The van der Waals surface area contributed by atoms with Gasteiger partial charge >= 0.3 is 0 Å². The standard InChI is InChI=1S/C16H14ClN3S2/c17-14-8-6-12(7-9-14)10-18-15-19-16(20-22-15)21-11-13-4-2-1-3-5-13/h1-9H,10-11H2,(H,18,19,20). The van der Waals surface area contributed by atoms with Crippen LogP contribution in [0.4, 0.5) is 5.13 Å². The number of anilines is 1. The summed E-state index contributed by atoms with van der Waals surface area (Å²) in [4.78, 5) is 4.49. The Hall–Kier alpha value is -1.56. The predicted octanol–water partition coefficient (Wildman–Crippen LogP) is 5.10. The summed E-state index contributed by atoms with van der Waals surface area (Å²) in [5.41, 5.74) is 2.44. The van der Waals surface area contributed by atoms with Gasteiger partial charge in [0.25, 0.3) is 0 Å². The molecule has 3 rings (SSSR count). The molecule has 3 aromatic rings. The Morgan fingerprint density at radius 1 is 1.00 bits per heavy atom. The van der Waals surface area contributed by atoms with Crippen LogP contribution in [0.25, 0.3) is 0 Å². The third-order valence-corrected chi connectivity index (χ3v) is 4.93. The zero-order valence-electron chi connectivity index (χ0n) is 11.7. The Balaban J connectivity index is 1.51. The molecule has 2 aromatic carbocycles. The molecule has 0 saturated carbocycles. The van der Waals surface area contributed by atoms with E-state index in [1.165, 1.54) is 17.1 Å². The Morgan fingerprint density at radius 3 is 2.55 bits per heavy atom. The molecule has 1 aromatic heterocycles. The van der Waals surface area contributed by atoms with Crippen LogP contribution in [0.5, 0.6) is 0 Å². The number of nitrogens with one attached hydrogen (secondary N) is 1. The maximum absolute atomic E-state index is 5.87. The van der Waals surface area contributed by atoms with Crippen molar-refractivity contribution < 1.29 is 0 Å². The molecular weight excluding hydrogens is 334 g/mol. The second-order valence-electron chi connectivity index (χ2n) is 4.64. The van der Waals surface area contributed by atoms with Crippen LogP contribution < -0.4 is 5.32 Å². The molecule has 0 amide bonds. The number of benzene rings is 2. The first kappa shape index (κ1) is 15.3. The Morgan fingerprint density at radius 2 is 1.77 bits per heavy atom. The highest BCUT2D eigenvalue weighted by Gasteiger charge is 2.05. The van der Waals surface area contributed by atoms with Gasteiger partial charge in [-0.05, 0) is 23.3 Å². The highest BCUT2D eigenvalue weighted by Crippen LogP contribution is 2.24. The van der Waals surface area contributed by atoms with E-state index in [-0.39, 0.29) is 0 Å². The average molecular weight is 348 g/mol. The molecule has 0 unspecified atom stereocenters. The van der Waals surface area contributed by atoms with E-state index in [1.807, 2.05) is 42.5 Å². The summed E-state index contributed by atoms with van der Waals surface area (Å²) in [5.74, 6) is 0.883. The molecule has 0 aliphatic carbocycles. The normalized spacial score (nSPS) is 10.6. The molecule has 1 heterocycles. The summed E-state index contributed by atoms with van der Waals surface area (Å²) < 4.78 is 4.37. The fourth-order valence-electron chi connectivity index (χ4n) is 1.84. The lowest BCUT2D eigenvalue weighted by Crippen LogP contribution is -1.98. The molecular formula is C16H14ClN3S2. The van der Waals surface area contributed by atoms with Crippen LogP contribution in [0.3, 0.4) is 0 Å². The van der Waals surface area contributed by atoms with Crippen molar-refractivity contribution in [3.63, 3.8) is 0 Å². The fraction of sp³-hybridized carbons (Fsp3) is 0.125. The lowest BCUT2D eigenvalue weighted by Gasteiger charge is -2.02. The van der Waals surface area contributed by atoms with Crippen molar-refractivity contribution in [3.05, 3.63) is 70.7 Å². The summed E-state index contributed by atoms with van der Waals surface area (Å²) in [6.07, 6.45) is 0. The van der Waals surface area contributed by atoms with Crippen LogP contribution in [0.2, 0.25) is 5.02 Å². The number of halogens is 1. The molecule has 6 heteroatoms. The topological polar surface area (TPSA) is 37.8 Å². The summed E-state index contributed by atoms with van der Waals surface area (Å²) in [5, 5.41) is 5.69. The van der Waals surface area contributed by atoms with Crippen molar-refractivity contribution in [2.75, 3.05) is 5.32 Å². The fourth-order valence-corrected chi connectivity index (χ4v) is 3.46. The van der Waals surface area contributed by atoms with Gasteiger partial charge in [-0.2, -0.15) is 9.36 Å². The average Bonchev–Trinajstić information content (AvgIpc) is 3.01. The first-order chi connectivity index (χ1) is 10.8. The lowest BCUT2D eigenvalue weighted by molar-refractivity contribution is 1.05. The van der Waals surface area contributed by atoms with E-state index in [9.17, 15) is 0 Å². The van der Waals surface area contributed by atoms with Gasteiger partial charge in [0.15, 0.2) is 0 Å². The summed E-state index contributed by atoms with van der Waals surface area (Å²) in [7, 11) is 0. The van der Waals surface area contributed by atoms with Gasteiger partial charge in [0.1, 0.15) is 0 Å². The van der Waals surface area contributed by atoms with E-state index in [1.54, 1.807) is 11.8 Å². The van der Waals surface area contributed by atoms with Crippen LogP contribution in [0.15, 0.2) is 59.8 Å². The van der Waals surface area contributed by atoms with Crippen LogP contribution >= 0.6 is 34.9 Å². The smallest absolute Gasteiger partial charge is 0.203 e. The number of hydrogen-bond acceptors (Lipinski definition) is 5. The van der Waals surface area contributed by atoms with Gasteiger partial charge in [0, 0.05) is 28.9 Å². The number of aromatic nitrogens is 2. The molecule has 112 valence electrons. The molecule has 3 nitrogen and oxygen atoms in total. The molecule has 0 fully saturated rings. The second kappa shape index (κ2) is 7.63. The highest BCUT2D eigenvalue weighted by atomic mass is 35.5. The molecule has 0 atom stereocenters. The zero-order chi connectivity index (χ0) is 15.2. The van der Waals surface area contributed by atoms with Gasteiger partial charge in [0.2, 0.25) is 10.3 Å². The van der Waals surface area contributed by atoms with Crippen molar-refractivity contribution in [1.29, 1.82) is 0 Å². The highest BCUT2D eigenvalue weighted by molar-refractivity contribution is 7.98. The van der Waals surface area contributed by atoms with E-state index >= 15 is 0 Å². The Kier molecular flexibility index (Phi) is 5.32. The molecule has 0 spiro atoms. The van der Waals surface area contributed by atoms with Gasteiger partial charge in [0.05, 0.1) is 0 Å². The van der Waals surface area contributed by atoms with E-state index in [2.05, 4.69) is 26.8 Å². The van der Waals surface area contributed by atoms with Gasteiger partial charge < -0.3 is 5.32 Å². The summed E-state index contributed by atoms with van der Waals surface area (Å²) in [6.45, 7) is 0.717. The van der Waals surface area contributed by atoms with E-state index < -0.39 is 0 Å². The monoisotopic (exact) mass is 347 g/mol. The van der Waals surface area contributed by atoms with E-state index in [0.29, 0.717) is 0 Å². The molecule has 0 aliphatic rings. The van der Waals surface area contributed by atoms with E-state index in [0.717, 1.165) is 33.2 Å². The minimum Gasteiger partial charge on any atom is -0.356 e. The van der Waals surface area contributed by atoms with Crippen molar-refractivity contribution in [2.24, 2.45) is 0 Å². The number of hydrogen-bond donors (Lipinski definition) is 1. The van der Waals surface area contributed by atoms with Crippen LogP contribution in [-0.2, 0) is 12.3 Å². The Labute approximate surface area is 142 Å². The first-order valence-electron chi connectivity index (χ1n) is 6.78. The molecule has 0 saturated heterocycles. The predicted molar refractivity (Wildman–Crippen MR) is 94.7 cm³/mol. The van der Waals surface area contributed by atoms with Crippen LogP contribution in [0.1, 0.15) is 11.1 Å². The zero-order valence-corrected chi connectivity index (χ0v) is 14.1. The minimum absolute atomic E-state index is 0.717. The summed E-state index contributed by atoms with van der Waals surface area (Å²) >= 11 is 8.91. The van der Waals surface area contributed by atoms with Crippen molar-refractivity contribution in [1.82, 2.24) is 9.36 Å².